The van der Waals surface area contributed by atoms with E-state index in [0.29, 0.717) is 13.2 Å². The summed E-state index contributed by atoms with van der Waals surface area (Å²) in [4.78, 5) is 13.5. The fraction of sp³-hybridized carbons (Fsp3) is 0.278. The van der Waals surface area contributed by atoms with Gasteiger partial charge < -0.3 is 10.1 Å². The average molecular weight is 313 g/mol. The van der Waals surface area contributed by atoms with Gasteiger partial charge in [0.1, 0.15) is 12.4 Å². The lowest BCUT2D eigenvalue weighted by molar-refractivity contribution is -0.126. The van der Waals surface area contributed by atoms with Gasteiger partial charge in [0.2, 0.25) is 5.91 Å². The molecule has 1 N–H and O–H groups in total. The van der Waals surface area contributed by atoms with Gasteiger partial charge in [0, 0.05) is 11.4 Å². The van der Waals surface area contributed by atoms with Crippen LogP contribution in [-0.4, -0.2) is 18.8 Å². The molecule has 22 heavy (non-hydrogen) atoms. The zero-order valence-corrected chi connectivity index (χ0v) is 13.4. The van der Waals surface area contributed by atoms with Crippen molar-refractivity contribution in [2.45, 2.75) is 17.9 Å². The summed E-state index contributed by atoms with van der Waals surface area (Å²) in [6.07, 6.45) is 2.80. The molecule has 0 fully saturated rings. The van der Waals surface area contributed by atoms with E-state index in [4.69, 9.17) is 4.74 Å². The summed E-state index contributed by atoms with van der Waals surface area (Å²) in [6.45, 7) is 1.01. The molecular weight excluding hydrogens is 294 g/mol. The molecule has 1 aliphatic heterocycles. The van der Waals surface area contributed by atoms with Crippen LogP contribution in [0, 0.1) is 5.92 Å². The molecule has 2 aromatic carbocycles. The van der Waals surface area contributed by atoms with Gasteiger partial charge in [-0.15, -0.1) is 11.8 Å². The molecule has 1 heterocycles. The topological polar surface area (TPSA) is 38.3 Å². The normalized spacial score (nSPS) is 16.5. The van der Waals surface area contributed by atoms with Gasteiger partial charge in [-0.1, -0.05) is 30.3 Å². The Kier molecular flexibility index (Phi) is 4.68. The van der Waals surface area contributed by atoms with Crippen molar-refractivity contribution in [3.63, 3.8) is 0 Å². The van der Waals surface area contributed by atoms with Gasteiger partial charge in [-0.05, 0) is 42.0 Å². The first kappa shape index (κ1) is 15.0. The van der Waals surface area contributed by atoms with E-state index < -0.39 is 0 Å². The summed E-state index contributed by atoms with van der Waals surface area (Å²) in [5, 5.41) is 3.01. The van der Waals surface area contributed by atoms with Crippen LogP contribution >= 0.6 is 11.8 Å². The first-order valence-corrected chi connectivity index (χ1v) is 8.60. The number of carbonyl (C=O) groups excluding carboxylic acids is 1. The molecule has 0 spiro atoms. The van der Waals surface area contributed by atoms with Crippen LogP contribution in [0.4, 0.5) is 0 Å². The van der Waals surface area contributed by atoms with E-state index in [0.717, 1.165) is 23.3 Å². The number of carbonyl (C=O) groups is 1. The van der Waals surface area contributed by atoms with E-state index in [1.54, 1.807) is 11.8 Å². The number of amides is 1. The van der Waals surface area contributed by atoms with Crippen LogP contribution in [0.15, 0.2) is 53.4 Å². The Labute approximate surface area is 135 Å². The Morgan fingerprint density at radius 2 is 2.00 bits per heavy atom. The largest absolute Gasteiger partial charge is 0.492 e. The number of hydrogen-bond acceptors (Lipinski definition) is 3. The summed E-state index contributed by atoms with van der Waals surface area (Å²) in [5.74, 6) is 0.850. The summed E-state index contributed by atoms with van der Waals surface area (Å²) < 4.78 is 5.68. The Bertz CT molecular complexity index is 654. The predicted molar refractivity (Wildman–Crippen MR) is 89.2 cm³/mol. The standard InChI is InChI=1S/C18H19NO2S/c1-22-16-8-6-13(7-9-16)11-19-18(20)15-10-14-4-2-3-5-17(14)21-12-15/h2-9,15H,10-12H2,1H3,(H,19,20)/t15-/m0/s1. The van der Waals surface area contributed by atoms with Gasteiger partial charge >= 0.3 is 0 Å². The second kappa shape index (κ2) is 6.88. The van der Waals surface area contributed by atoms with Gasteiger partial charge in [0.05, 0.1) is 5.92 Å². The van der Waals surface area contributed by atoms with Crippen molar-refractivity contribution in [3.8, 4) is 5.75 Å². The summed E-state index contributed by atoms with van der Waals surface area (Å²) in [7, 11) is 0. The van der Waals surface area contributed by atoms with Crippen LogP contribution in [-0.2, 0) is 17.8 Å². The second-order valence-corrected chi connectivity index (χ2v) is 6.27. The molecule has 0 aromatic heterocycles. The Morgan fingerprint density at radius 3 is 2.77 bits per heavy atom. The van der Waals surface area contributed by atoms with E-state index in [1.165, 1.54) is 4.90 Å². The summed E-state index contributed by atoms with van der Waals surface area (Å²) >= 11 is 1.71. The van der Waals surface area contributed by atoms with Crippen LogP contribution in [0.3, 0.4) is 0 Å². The van der Waals surface area contributed by atoms with Crippen LogP contribution in [0.1, 0.15) is 11.1 Å². The third-order valence-corrected chi connectivity index (χ3v) is 4.62. The van der Waals surface area contributed by atoms with Gasteiger partial charge in [-0.3, -0.25) is 4.79 Å². The minimum Gasteiger partial charge on any atom is -0.492 e. The third kappa shape index (κ3) is 3.45. The van der Waals surface area contributed by atoms with E-state index in [-0.39, 0.29) is 11.8 Å². The third-order valence-electron chi connectivity index (χ3n) is 3.88. The Balaban J connectivity index is 1.56. The lowest BCUT2D eigenvalue weighted by Gasteiger charge is -2.24. The lowest BCUT2D eigenvalue weighted by Crippen LogP contribution is -2.37. The molecular formula is C18H19NO2S. The molecule has 1 atom stereocenters. The van der Waals surface area contributed by atoms with Crippen molar-refractivity contribution >= 4 is 17.7 Å². The van der Waals surface area contributed by atoms with Crippen molar-refractivity contribution in [1.82, 2.24) is 5.32 Å². The molecule has 0 aliphatic carbocycles. The van der Waals surface area contributed by atoms with Gasteiger partial charge in [-0.25, -0.2) is 0 Å². The number of rotatable bonds is 4. The molecule has 0 saturated carbocycles. The predicted octanol–water partition coefficient (Wildman–Crippen LogP) is 3.28. The van der Waals surface area contributed by atoms with Crippen molar-refractivity contribution in [3.05, 3.63) is 59.7 Å². The highest BCUT2D eigenvalue weighted by Gasteiger charge is 2.25. The monoisotopic (exact) mass is 313 g/mol. The molecule has 3 rings (SSSR count). The number of para-hydroxylation sites is 1. The number of nitrogens with one attached hydrogen (secondary N) is 1. The molecule has 114 valence electrons. The lowest BCUT2D eigenvalue weighted by atomic mass is 9.96. The number of fused-ring (bicyclic) bond motifs is 1. The number of benzene rings is 2. The average Bonchev–Trinajstić information content (AvgIpc) is 2.59. The fourth-order valence-corrected chi connectivity index (χ4v) is 2.98. The van der Waals surface area contributed by atoms with Crippen LogP contribution < -0.4 is 10.1 Å². The maximum Gasteiger partial charge on any atom is 0.227 e. The first-order chi connectivity index (χ1) is 10.8. The molecule has 4 heteroatoms. The smallest absolute Gasteiger partial charge is 0.227 e. The minimum atomic E-state index is -0.111. The molecule has 2 aromatic rings. The van der Waals surface area contributed by atoms with Crippen LogP contribution in [0.25, 0.3) is 0 Å². The zero-order valence-electron chi connectivity index (χ0n) is 12.5. The number of ether oxygens (including phenoxy) is 1. The van der Waals surface area contributed by atoms with Crippen LogP contribution in [0.2, 0.25) is 0 Å². The summed E-state index contributed by atoms with van der Waals surface area (Å²) in [6, 6.07) is 16.2. The maximum absolute atomic E-state index is 12.3. The molecule has 1 aliphatic rings. The minimum absolute atomic E-state index is 0.0587. The second-order valence-electron chi connectivity index (χ2n) is 5.39. The number of hydrogen-bond donors (Lipinski definition) is 1. The molecule has 3 nitrogen and oxygen atoms in total. The molecule has 1 amide bonds. The fourth-order valence-electron chi connectivity index (χ4n) is 2.57. The SMILES string of the molecule is CSc1ccc(CNC(=O)[C@@H]2COc3ccccc3C2)cc1. The van der Waals surface area contributed by atoms with E-state index >= 15 is 0 Å². The highest BCUT2D eigenvalue weighted by atomic mass is 32.2. The van der Waals surface area contributed by atoms with Crippen molar-refractivity contribution in [1.29, 1.82) is 0 Å². The molecule has 0 bridgehead atoms. The molecule has 0 unspecified atom stereocenters. The highest BCUT2D eigenvalue weighted by molar-refractivity contribution is 7.98. The first-order valence-electron chi connectivity index (χ1n) is 7.37. The highest BCUT2D eigenvalue weighted by Crippen LogP contribution is 2.26. The summed E-state index contributed by atoms with van der Waals surface area (Å²) in [5.41, 5.74) is 2.22. The Morgan fingerprint density at radius 1 is 1.23 bits per heavy atom. The van der Waals surface area contributed by atoms with Crippen molar-refractivity contribution < 1.29 is 9.53 Å². The van der Waals surface area contributed by atoms with E-state index in [9.17, 15) is 4.79 Å². The molecule has 0 radical (unpaired) electrons. The van der Waals surface area contributed by atoms with E-state index in [2.05, 4.69) is 35.8 Å². The van der Waals surface area contributed by atoms with Gasteiger partial charge in [0.15, 0.2) is 0 Å². The van der Waals surface area contributed by atoms with E-state index in [1.807, 2.05) is 24.3 Å². The van der Waals surface area contributed by atoms with Crippen molar-refractivity contribution in [2.24, 2.45) is 5.92 Å². The zero-order chi connectivity index (χ0) is 15.4. The van der Waals surface area contributed by atoms with Crippen LogP contribution in [0.5, 0.6) is 5.75 Å². The van der Waals surface area contributed by atoms with Crippen molar-refractivity contribution in [2.75, 3.05) is 12.9 Å². The quantitative estimate of drug-likeness (QED) is 0.880. The molecule has 0 saturated heterocycles. The van der Waals surface area contributed by atoms with Gasteiger partial charge in [-0.2, -0.15) is 0 Å². The van der Waals surface area contributed by atoms with Gasteiger partial charge in [0.25, 0.3) is 0 Å². The Hall–Kier alpha value is -1.94. The number of thioether (sulfide) groups is 1. The maximum atomic E-state index is 12.3.